The maximum Gasteiger partial charge on any atom is 0.387 e. The number of allylic oxidation sites excluding steroid dienone is 2. The highest BCUT2D eigenvalue weighted by molar-refractivity contribution is 6.07. The molecule has 1 saturated heterocycles. The molecule has 0 bridgehead atoms. The number of pyridine rings is 1. The van der Waals surface area contributed by atoms with E-state index < -0.39 is 6.61 Å². The van der Waals surface area contributed by atoms with Gasteiger partial charge in [-0.05, 0) is 63.1 Å². The SMILES string of the molecule is C=Nc1ncc(C(=N)C=C([NH2+]C(C)C)C2C3CC(N4CCC(OC)C4)C4CC432)cc1OC(F)F. The van der Waals surface area contributed by atoms with Gasteiger partial charge >= 0.3 is 6.61 Å². The van der Waals surface area contributed by atoms with Crippen molar-refractivity contribution in [2.24, 2.45) is 28.2 Å². The fraction of sp³-hybridized carbons (Fsp3) is 0.640. The van der Waals surface area contributed by atoms with Gasteiger partial charge in [-0.3, -0.25) is 10.3 Å². The van der Waals surface area contributed by atoms with Gasteiger partial charge < -0.3 is 14.8 Å². The second-order valence-electron chi connectivity index (χ2n) is 10.5. The van der Waals surface area contributed by atoms with Crippen LogP contribution in [0.5, 0.6) is 5.75 Å². The number of nitrogens with zero attached hydrogens (tertiary/aromatic N) is 3. The van der Waals surface area contributed by atoms with E-state index in [1.165, 1.54) is 30.8 Å². The number of alkyl halides is 2. The van der Waals surface area contributed by atoms with Crippen molar-refractivity contribution in [1.82, 2.24) is 9.88 Å². The molecule has 6 atom stereocenters. The van der Waals surface area contributed by atoms with E-state index in [0.717, 1.165) is 25.4 Å². The summed E-state index contributed by atoms with van der Waals surface area (Å²) in [5.41, 5.74) is 2.26. The number of rotatable bonds is 10. The smallest absolute Gasteiger partial charge is 0.387 e. The summed E-state index contributed by atoms with van der Waals surface area (Å²) in [7, 11) is 1.81. The molecule has 184 valence electrons. The molecule has 3 aliphatic carbocycles. The number of halogens is 2. The molecule has 4 fully saturated rings. The van der Waals surface area contributed by atoms with Crippen LogP contribution in [0.4, 0.5) is 14.6 Å². The summed E-state index contributed by atoms with van der Waals surface area (Å²) in [6.45, 7) is 6.83. The Morgan fingerprint density at radius 1 is 1.41 bits per heavy atom. The maximum absolute atomic E-state index is 12.8. The first-order chi connectivity index (χ1) is 16.3. The summed E-state index contributed by atoms with van der Waals surface area (Å²) < 4.78 is 35.7. The Morgan fingerprint density at radius 3 is 2.79 bits per heavy atom. The molecule has 9 heteroatoms. The lowest BCUT2D eigenvalue weighted by Crippen LogP contribution is -2.87. The van der Waals surface area contributed by atoms with Crippen molar-refractivity contribution in [2.75, 3.05) is 20.2 Å². The van der Waals surface area contributed by atoms with Crippen molar-refractivity contribution in [1.29, 1.82) is 5.41 Å². The zero-order valence-corrected chi connectivity index (χ0v) is 20.0. The third-order valence-corrected chi connectivity index (χ3v) is 8.31. The van der Waals surface area contributed by atoms with E-state index in [0.29, 0.717) is 41.0 Å². The van der Waals surface area contributed by atoms with E-state index in [9.17, 15) is 8.78 Å². The number of nitrogens with two attached hydrogens (primary N) is 1. The zero-order chi connectivity index (χ0) is 24.2. The van der Waals surface area contributed by atoms with Crippen LogP contribution in [0.25, 0.3) is 0 Å². The summed E-state index contributed by atoms with van der Waals surface area (Å²) >= 11 is 0. The van der Waals surface area contributed by atoms with Gasteiger partial charge in [-0.25, -0.2) is 9.98 Å². The normalized spacial score (nSPS) is 34.3. The highest BCUT2D eigenvalue weighted by atomic mass is 19.3. The molecule has 3 saturated carbocycles. The molecule has 0 aromatic carbocycles. The predicted octanol–water partition coefficient (Wildman–Crippen LogP) is 2.98. The Morgan fingerprint density at radius 2 is 2.21 bits per heavy atom. The summed E-state index contributed by atoms with van der Waals surface area (Å²) in [5, 5.41) is 10.9. The Labute approximate surface area is 199 Å². The number of nitrogens with one attached hydrogen (secondary N) is 1. The number of ether oxygens (including phenoxy) is 2. The minimum atomic E-state index is -2.99. The Balaban J connectivity index is 1.33. The average Bonchev–Trinajstić information content (AvgIpc) is 3.55. The average molecular weight is 475 g/mol. The number of hydrogen-bond donors (Lipinski definition) is 2. The molecule has 6 unspecified atom stereocenters. The molecular formula is C25H34F2N5O2+. The fourth-order valence-corrected chi connectivity index (χ4v) is 6.88. The topological polar surface area (TPSA) is 87.4 Å². The van der Waals surface area contributed by atoms with Crippen LogP contribution in [-0.4, -0.2) is 67.3 Å². The minimum Gasteiger partial charge on any atom is -0.431 e. The molecular weight excluding hydrogens is 440 g/mol. The number of quaternary nitrogens is 1. The summed E-state index contributed by atoms with van der Waals surface area (Å²) in [5.74, 6) is 1.72. The lowest BCUT2D eigenvalue weighted by molar-refractivity contribution is -0.640. The summed E-state index contributed by atoms with van der Waals surface area (Å²) in [6.07, 6.45) is 7.35. The largest absolute Gasteiger partial charge is 0.431 e. The maximum atomic E-state index is 12.8. The number of aromatic nitrogens is 1. The molecule has 1 aromatic heterocycles. The Hall–Kier alpha value is -2.23. The number of aliphatic imine (C=N–C) groups is 1. The van der Waals surface area contributed by atoms with Gasteiger partial charge in [-0.1, -0.05) is 0 Å². The van der Waals surface area contributed by atoms with Crippen LogP contribution in [0.2, 0.25) is 0 Å². The molecule has 5 rings (SSSR count). The minimum absolute atomic E-state index is 0.00472. The molecule has 2 heterocycles. The third kappa shape index (κ3) is 3.97. The van der Waals surface area contributed by atoms with E-state index in [4.69, 9.17) is 10.1 Å². The predicted molar refractivity (Wildman–Crippen MR) is 125 cm³/mol. The van der Waals surface area contributed by atoms with Crippen LogP contribution >= 0.6 is 0 Å². The van der Waals surface area contributed by atoms with Crippen molar-refractivity contribution >= 4 is 18.2 Å². The van der Waals surface area contributed by atoms with E-state index in [1.54, 1.807) is 0 Å². The first-order valence-electron chi connectivity index (χ1n) is 12.1. The molecule has 3 N–H and O–H groups in total. The van der Waals surface area contributed by atoms with Gasteiger partial charge in [-0.15, -0.1) is 0 Å². The highest BCUT2D eigenvalue weighted by Crippen LogP contribution is 2.86. The van der Waals surface area contributed by atoms with E-state index in [1.807, 2.05) is 13.2 Å². The van der Waals surface area contributed by atoms with Crippen LogP contribution in [0.15, 0.2) is 29.0 Å². The van der Waals surface area contributed by atoms with Gasteiger partial charge in [0.05, 0.1) is 17.9 Å². The number of methoxy groups -OCH3 is 1. The lowest BCUT2D eigenvalue weighted by atomic mass is 10.0. The molecule has 1 spiro atoms. The third-order valence-electron chi connectivity index (χ3n) is 8.31. The first kappa shape index (κ1) is 23.5. The Bertz CT molecular complexity index is 1020. The van der Waals surface area contributed by atoms with E-state index >= 15 is 0 Å². The molecule has 1 aromatic rings. The second kappa shape index (κ2) is 8.77. The van der Waals surface area contributed by atoms with Gasteiger partial charge in [0.25, 0.3) is 0 Å². The highest BCUT2D eigenvalue weighted by Gasteiger charge is 2.85. The van der Waals surface area contributed by atoms with Crippen molar-refractivity contribution in [3.05, 3.63) is 29.6 Å². The molecule has 7 nitrogen and oxygen atoms in total. The standard InChI is InChI=1S/C25H33F2N5O2/c1-13(2)31-19(9-18(28)14-7-21(34-24(26)27)23(29-3)30-11-14)22-16-8-20(17-10-25(16,17)22)32-6-5-15(12-32)33-4/h7,9,11,13,15-17,20,22,24,28,31H,3,5-6,8,10,12H2,1-2,4H3/p+1. The van der Waals surface area contributed by atoms with Crippen molar-refractivity contribution < 1.29 is 23.6 Å². The van der Waals surface area contributed by atoms with Crippen molar-refractivity contribution in [2.45, 2.75) is 57.9 Å². The molecule has 1 aliphatic heterocycles. The molecule has 34 heavy (non-hydrogen) atoms. The Kier molecular flexibility index (Phi) is 6.06. The quantitative estimate of drug-likeness (QED) is 0.511. The first-order valence-corrected chi connectivity index (χ1v) is 12.1. The number of likely N-dealkylation sites (tertiary alicyclic amines) is 1. The van der Waals surface area contributed by atoms with Crippen molar-refractivity contribution in [3.8, 4) is 5.75 Å². The van der Waals surface area contributed by atoms with Crippen molar-refractivity contribution in [3.63, 3.8) is 0 Å². The van der Waals surface area contributed by atoms with Gasteiger partial charge in [0, 0.05) is 50.0 Å². The van der Waals surface area contributed by atoms with Gasteiger partial charge in [0.2, 0.25) is 0 Å². The fourth-order valence-electron chi connectivity index (χ4n) is 6.88. The van der Waals surface area contributed by atoms with E-state index in [2.05, 4.69) is 45.5 Å². The molecule has 0 radical (unpaired) electrons. The summed E-state index contributed by atoms with van der Waals surface area (Å²) in [6, 6.07) is 2.42. The molecule has 4 aliphatic rings. The van der Waals surface area contributed by atoms with Crippen LogP contribution in [0, 0.1) is 28.6 Å². The summed E-state index contributed by atoms with van der Waals surface area (Å²) in [4.78, 5) is 10.3. The van der Waals surface area contributed by atoms with Crippen LogP contribution in [-0.2, 0) is 4.74 Å². The van der Waals surface area contributed by atoms with Gasteiger partial charge in [-0.2, -0.15) is 8.78 Å². The zero-order valence-electron chi connectivity index (χ0n) is 20.0. The lowest BCUT2D eigenvalue weighted by Gasteiger charge is -2.27. The number of hydrogen-bond acceptors (Lipinski definition) is 6. The van der Waals surface area contributed by atoms with Crippen LogP contribution < -0.4 is 10.1 Å². The van der Waals surface area contributed by atoms with Crippen LogP contribution in [0.3, 0.4) is 0 Å². The molecule has 0 amide bonds. The monoisotopic (exact) mass is 474 g/mol. The van der Waals surface area contributed by atoms with Crippen LogP contribution in [0.1, 0.15) is 38.7 Å². The van der Waals surface area contributed by atoms with Gasteiger partial charge in [0.1, 0.15) is 5.70 Å². The van der Waals surface area contributed by atoms with Gasteiger partial charge in [0.15, 0.2) is 11.6 Å². The second-order valence-corrected chi connectivity index (χ2v) is 10.5. The van der Waals surface area contributed by atoms with E-state index in [-0.39, 0.29) is 17.3 Å².